The number of benzene rings is 2. The van der Waals surface area contributed by atoms with Crippen LogP contribution in [0.1, 0.15) is 30.0 Å². The van der Waals surface area contributed by atoms with Crippen molar-refractivity contribution in [1.29, 1.82) is 0 Å². The zero-order valence-electron chi connectivity index (χ0n) is 12.5. The third-order valence-electron chi connectivity index (χ3n) is 4.06. The second-order valence-corrected chi connectivity index (χ2v) is 6.53. The van der Waals surface area contributed by atoms with Crippen LogP contribution in [0.2, 0.25) is 0 Å². The zero-order chi connectivity index (χ0) is 14.7. The molecule has 1 heterocycles. The van der Waals surface area contributed by atoms with Gasteiger partial charge in [0.2, 0.25) is 0 Å². The van der Waals surface area contributed by atoms with Crippen molar-refractivity contribution in [2.75, 3.05) is 19.4 Å². The molecule has 1 aliphatic rings. The van der Waals surface area contributed by atoms with Crippen molar-refractivity contribution >= 4 is 11.8 Å². The first-order chi connectivity index (χ1) is 10.3. The summed E-state index contributed by atoms with van der Waals surface area (Å²) in [5.41, 5.74) is 2.68. The van der Waals surface area contributed by atoms with Crippen molar-refractivity contribution in [1.82, 2.24) is 5.32 Å². The van der Waals surface area contributed by atoms with Crippen LogP contribution in [0, 0.1) is 0 Å². The Morgan fingerprint density at radius 2 is 1.95 bits per heavy atom. The summed E-state index contributed by atoms with van der Waals surface area (Å²) in [6, 6.07) is 17.6. The Bertz CT molecular complexity index is 596. The van der Waals surface area contributed by atoms with Gasteiger partial charge in [0, 0.05) is 28.2 Å². The molecular weight excluding hydrogens is 278 g/mol. The minimum Gasteiger partial charge on any atom is -0.493 e. The number of fused-ring (bicyclic) bond motifs is 1. The fourth-order valence-electron chi connectivity index (χ4n) is 2.58. The van der Waals surface area contributed by atoms with Crippen LogP contribution in [0.3, 0.4) is 0 Å². The fraction of sp³-hybridized carbons (Fsp3) is 0.333. The molecule has 2 unspecified atom stereocenters. The second-order valence-electron chi connectivity index (χ2n) is 5.44. The van der Waals surface area contributed by atoms with E-state index in [1.54, 1.807) is 0 Å². The third-order valence-corrected chi connectivity index (χ3v) is 5.24. The number of ether oxygens (including phenoxy) is 1. The van der Waals surface area contributed by atoms with E-state index in [1.807, 2.05) is 24.9 Å². The van der Waals surface area contributed by atoms with Gasteiger partial charge in [0.05, 0.1) is 6.61 Å². The highest BCUT2D eigenvalue weighted by molar-refractivity contribution is 7.99. The van der Waals surface area contributed by atoms with Gasteiger partial charge >= 0.3 is 0 Å². The van der Waals surface area contributed by atoms with Crippen LogP contribution < -0.4 is 10.1 Å². The summed E-state index contributed by atoms with van der Waals surface area (Å²) in [5.74, 6) is 2.63. The van der Waals surface area contributed by atoms with E-state index in [-0.39, 0.29) is 0 Å². The van der Waals surface area contributed by atoms with E-state index in [0.29, 0.717) is 12.0 Å². The number of hydrogen-bond acceptors (Lipinski definition) is 3. The molecule has 1 N–H and O–H groups in total. The van der Waals surface area contributed by atoms with Crippen LogP contribution >= 0.6 is 11.8 Å². The maximum absolute atomic E-state index is 5.74. The van der Waals surface area contributed by atoms with Gasteiger partial charge in [-0.1, -0.05) is 30.3 Å². The lowest BCUT2D eigenvalue weighted by Gasteiger charge is -2.12. The second kappa shape index (κ2) is 6.54. The van der Waals surface area contributed by atoms with Crippen molar-refractivity contribution < 1.29 is 4.74 Å². The van der Waals surface area contributed by atoms with Crippen LogP contribution in [-0.2, 0) is 0 Å². The monoisotopic (exact) mass is 299 g/mol. The third kappa shape index (κ3) is 3.25. The van der Waals surface area contributed by atoms with Gasteiger partial charge in [-0.25, -0.2) is 0 Å². The molecule has 2 atom stereocenters. The van der Waals surface area contributed by atoms with Crippen molar-refractivity contribution in [3.63, 3.8) is 0 Å². The van der Waals surface area contributed by atoms with Crippen molar-refractivity contribution in [3.05, 3.63) is 59.7 Å². The predicted molar refractivity (Wildman–Crippen MR) is 89.3 cm³/mol. The molecule has 0 amide bonds. The Hall–Kier alpha value is -1.45. The quantitative estimate of drug-likeness (QED) is 0.835. The number of hydrogen-bond donors (Lipinski definition) is 1. The summed E-state index contributed by atoms with van der Waals surface area (Å²) >= 11 is 1.91. The summed E-state index contributed by atoms with van der Waals surface area (Å²) in [5, 5.41) is 3.27. The largest absolute Gasteiger partial charge is 0.493 e. The summed E-state index contributed by atoms with van der Waals surface area (Å²) in [6.07, 6.45) is 0. The SMILES string of the molecule is CNC(C)c1ccc(SCC2COc3ccccc32)cc1. The lowest BCUT2D eigenvalue weighted by atomic mass is 10.0. The first-order valence-corrected chi connectivity index (χ1v) is 8.38. The molecule has 0 saturated heterocycles. The molecule has 2 aromatic carbocycles. The van der Waals surface area contributed by atoms with Crippen LogP contribution in [0.5, 0.6) is 5.75 Å². The van der Waals surface area contributed by atoms with Gasteiger partial charge in [-0.2, -0.15) is 0 Å². The molecule has 110 valence electrons. The first kappa shape index (κ1) is 14.5. The maximum atomic E-state index is 5.74. The Kier molecular flexibility index (Phi) is 4.51. The number of rotatable bonds is 5. The molecule has 0 radical (unpaired) electrons. The van der Waals surface area contributed by atoms with Gasteiger partial charge < -0.3 is 10.1 Å². The van der Waals surface area contributed by atoms with Gasteiger partial charge in [-0.3, -0.25) is 0 Å². The minimum atomic E-state index is 0.402. The van der Waals surface area contributed by atoms with Crippen LogP contribution in [-0.4, -0.2) is 19.4 Å². The van der Waals surface area contributed by atoms with Gasteiger partial charge in [0.15, 0.2) is 0 Å². The standard InChI is InChI=1S/C18H21NOS/c1-13(19-2)14-7-9-16(10-8-14)21-12-15-11-20-18-6-4-3-5-17(15)18/h3-10,13,15,19H,11-12H2,1-2H3. The number of thioether (sulfide) groups is 1. The molecule has 3 heteroatoms. The Labute approximate surface area is 130 Å². The lowest BCUT2D eigenvalue weighted by Crippen LogP contribution is -2.11. The van der Waals surface area contributed by atoms with Crippen molar-refractivity contribution in [2.24, 2.45) is 0 Å². The lowest BCUT2D eigenvalue weighted by molar-refractivity contribution is 0.339. The van der Waals surface area contributed by atoms with Crippen molar-refractivity contribution in [2.45, 2.75) is 23.8 Å². The molecule has 0 aromatic heterocycles. The van der Waals surface area contributed by atoms with Gasteiger partial charge in [-0.05, 0) is 37.7 Å². The predicted octanol–water partition coefficient (Wildman–Crippen LogP) is 4.24. The molecule has 0 spiro atoms. The molecule has 21 heavy (non-hydrogen) atoms. The Morgan fingerprint density at radius 3 is 2.71 bits per heavy atom. The highest BCUT2D eigenvalue weighted by Crippen LogP contribution is 2.37. The van der Waals surface area contributed by atoms with Crippen LogP contribution in [0.15, 0.2) is 53.4 Å². The molecule has 2 nitrogen and oxygen atoms in total. The molecule has 0 bridgehead atoms. The van der Waals surface area contributed by atoms with E-state index in [9.17, 15) is 0 Å². The average Bonchev–Trinajstić information content (AvgIpc) is 2.96. The van der Waals surface area contributed by atoms with Gasteiger partial charge in [0.1, 0.15) is 5.75 Å². The molecule has 3 rings (SSSR count). The molecular formula is C18H21NOS. The fourth-order valence-corrected chi connectivity index (χ4v) is 3.58. The summed E-state index contributed by atoms with van der Waals surface area (Å²) in [6.45, 7) is 2.98. The summed E-state index contributed by atoms with van der Waals surface area (Å²) in [4.78, 5) is 1.33. The number of nitrogens with one attached hydrogen (secondary N) is 1. The topological polar surface area (TPSA) is 21.3 Å². The van der Waals surface area contributed by atoms with E-state index >= 15 is 0 Å². The van der Waals surface area contributed by atoms with Crippen LogP contribution in [0.4, 0.5) is 0 Å². The zero-order valence-corrected chi connectivity index (χ0v) is 13.3. The number of para-hydroxylation sites is 1. The first-order valence-electron chi connectivity index (χ1n) is 7.39. The van der Waals surface area contributed by atoms with Crippen LogP contribution in [0.25, 0.3) is 0 Å². The van der Waals surface area contributed by atoms with Gasteiger partial charge in [0.25, 0.3) is 0 Å². The smallest absolute Gasteiger partial charge is 0.122 e. The Balaban J connectivity index is 1.61. The highest BCUT2D eigenvalue weighted by atomic mass is 32.2. The molecule has 0 saturated carbocycles. The average molecular weight is 299 g/mol. The van der Waals surface area contributed by atoms with E-state index in [4.69, 9.17) is 4.74 Å². The normalized spacial score (nSPS) is 18.1. The van der Waals surface area contributed by atoms with E-state index in [0.717, 1.165) is 18.1 Å². The summed E-state index contributed by atoms with van der Waals surface area (Å²) < 4.78 is 5.74. The molecule has 0 fully saturated rings. The summed E-state index contributed by atoms with van der Waals surface area (Å²) in [7, 11) is 1.99. The van der Waals surface area contributed by atoms with E-state index < -0.39 is 0 Å². The van der Waals surface area contributed by atoms with Crippen molar-refractivity contribution in [3.8, 4) is 5.75 Å². The minimum absolute atomic E-state index is 0.402. The molecule has 1 aliphatic heterocycles. The van der Waals surface area contributed by atoms with Gasteiger partial charge in [-0.15, -0.1) is 11.8 Å². The van der Waals surface area contributed by atoms with E-state index in [2.05, 4.69) is 54.7 Å². The highest BCUT2D eigenvalue weighted by Gasteiger charge is 2.23. The molecule has 0 aliphatic carbocycles. The van der Waals surface area contributed by atoms with E-state index in [1.165, 1.54) is 16.0 Å². The Morgan fingerprint density at radius 1 is 1.19 bits per heavy atom. The maximum Gasteiger partial charge on any atom is 0.122 e. The molecule has 2 aromatic rings.